The van der Waals surface area contributed by atoms with Gasteiger partial charge in [-0.25, -0.2) is 9.97 Å². The number of amides is 1. The van der Waals surface area contributed by atoms with Crippen molar-refractivity contribution >= 4 is 39.9 Å². The number of fused-ring (bicyclic) bond motifs is 1. The molecule has 1 aliphatic heterocycles. The quantitative estimate of drug-likeness (QED) is 0.690. The smallest absolute Gasteiger partial charge is 0.265 e. The number of rotatable bonds is 4. The van der Waals surface area contributed by atoms with Crippen LogP contribution in [-0.2, 0) is 0 Å². The molecule has 0 unspecified atom stereocenters. The third-order valence-electron chi connectivity index (χ3n) is 4.90. The van der Waals surface area contributed by atoms with E-state index in [1.807, 2.05) is 16.7 Å². The zero-order chi connectivity index (χ0) is 20.5. The van der Waals surface area contributed by atoms with Gasteiger partial charge in [0.05, 0.1) is 30.9 Å². The third-order valence-corrected chi connectivity index (χ3v) is 5.80. The molecule has 1 amide bonds. The number of carbonyl (C=O) groups is 1. The van der Waals surface area contributed by atoms with Crippen LogP contribution >= 0.6 is 11.3 Å². The summed E-state index contributed by atoms with van der Waals surface area (Å²) in [5.41, 5.74) is 6.87. The summed E-state index contributed by atoms with van der Waals surface area (Å²) in [6, 6.07) is 3.57. The highest BCUT2D eigenvalue weighted by Gasteiger charge is 2.25. The summed E-state index contributed by atoms with van der Waals surface area (Å²) in [5, 5.41) is 1.60. The van der Waals surface area contributed by atoms with Crippen molar-refractivity contribution in [3.63, 3.8) is 0 Å². The number of methoxy groups -OCH3 is 2. The van der Waals surface area contributed by atoms with E-state index in [2.05, 4.69) is 15.0 Å². The highest BCUT2D eigenvalue weighted by atomic mass is 32.1. The molecule has 1 fully saturated rings. The number of aryl methyl sites for hydroxylation is 1. The summed E-state index contributed by atoms with van der Waals surface area (Å²) < 4.78 is 10.7. The van der Waals surface area contributed by atoms with Gasteiger partial charge in [-0.15, -0.1) is 11.3 Å². The highest BCUT2D eigenvalue weighted by Crippen LogP contribution is 2.34. The van der Waals surface area contributed by atoms with Crippen molar-refractivity contribution in [2.45, 2.75) is 6.92 Å². The molecule has 2 aromatic heterocycles. The van der Waals surface area contributed by atoms with Crippen LogP contribution < -0.4 is 20.1 Å². The second kappa shape index (κ2) is 7.70. The first-order valence-corrected chi connectivity index (χ1v) is 9.97. The van der Waals surface area contributed by atoms with E-state index >= 15 is 0 Å². The Hall–Kier alpha value is -3.14. The van der Waals surface area contributed by atoms with Crippen molar-refractivity contribution in [3.8, 4) is 11.5 Å². The molecule has 0 spiro atoms. The number of carbonyl (C=O) groups excluding carboxylic acids is 1. The van der Waals surface area contributed by atoms with Crippen molar-refractivity contribution in [3.05, 3.63) is 28.2 Å². The van der Waals surface area contributed by atoms with Gasteiger partial charge in [-0.3, -0.25) is 4.79 Å². The molecule has 1 aliphatic rings. The zero-order valence-electron chi connectivity index (χ0n) is 16.5. The minimum atomic E-state index is 0.0195. The van der Waals surface area contributed by atoms with E-state index in [0.29, 0.717) is 65.2 Å². The predicted molar refractivity (Wildman–Crippen MR) is 112 cm³/mol. The van der Waals surface area contributed by atoms with Crippen LogP contribution in [0.2, 0.25) is 0 Å². The molecule has 152 valence electrons. The molecule has 1 aromatic carbocycles. The van der Waals surface area contributed by atoms with E-state index in [9.17, 15) is 4.79 Å². The Morgan fingerprint density at radius 3 is 2.41 bits per heavy atom. The van der Waals surface area contributed by atoms with Gasteiger partial charge in [-0.2, -0.15) is 4.98 Å². The number of hydrogen-bond donors (Lipinski definition) is 1. The van der Waals surface area contributed by atoms with Crippen molar-refractivity contribution in [2.24, 2.45) is 0 Å². The first kappa shape index (κ1) is 19.2. The normalized spacial score (nSPS) is 14.3. The molecule has 1 saturated heterocycles. The fourth-order valence-electron chi connectivity index (χ4n) is 3.33. The summed E-state index contributed by atoms with van der Waals surface area (Å²) in [5.74, 6) is 2.10. The topological polar surface area (TPSA) is 107 Å². The van der Waals surface area contributed by atoms with Crippen molar-refractivity contribution in [2.75, 3.05) is 51.0 Å². The Kier molecular flexibility index (Phi) is 5.10. The molecule has 9 nitrogen and oxygen atoms in total. The second-order valence-electron chi connectivity index (χ2n) is 6.66. The molecule has 2 N–H and O–H groups in total. The van der Waals surface area contributed by atoms with Crippen LogP contribution in [0.1, 0.15) is 14.7 Å². The van der Waals surface area contributed by atoms with Crippen molar-refractivity contribution < 1.29 is 14.3 Å². The maximum atomic E-state index is 12.6. The summed E-state index contributed by atoms with van der Waals surface area (Å²) in [4.78, 5) is 30.5. The van der Waals surface area contributed by atoms with Crippen molar-refractivity contribution in [1.29, 1.82) is 0 Å². The third kappa shape index (κ3) is 3.63. The molecule has 0 bridgehead atoms. The summed E-state index contributed by atoms with van der Waals surface area (Å²) >= 11 is 1.42. The molecule has 4 rings (SSSR count). The fourth-order valence-corrected chi connectivity index (χ4v) is 4.08. The Labute approximate surface area is 172 Å². The van der Waals surface area contributed by atoms with E-state index in [4.69, 9.17) is 15.2 Å². The van der Waals surface area contributed by atoms with Crippen LogP contribution in [0, 0.1) is 6.92 Å². The number of benzene rings is 1. The van der Waals surface area contributed by atoms with E-state index in [1.54, 1.807) is 32.5 Å². The number of nitrogens with zero attached hydrogens (tertiary/aromatic N) is 5. The highest BCUT2D eigenvalue weighted by molar-refractivity contribution is 7.13. The molecule has 0 radical (unpaired) electrons. The minimum Gasteiger partial charge on any atom is -0.493 e. The minimum absolute atomic E-state index is 0.0195. The predicted octanol–water partition coefficient (Wildman–Crippen LogP) is 1.96. The number of thiazole rings is 1. The largest absolute Gasteiger partial charge is 0.493 e. The number of piperazine rings is 1. The molecular weight excluding hydrogens is 392 g/mol. The molecule has 0 saturated carbocycles. The lowest BCUT2D eigenvalue weighted by Crippen LogP contribution is -2.49. The Morgan fingerprint density at radius 2 is 1.79 bits per heavy atom. The molecular formula is C19H22N6O3S. The monoisotopic (exact) mass is 414 g/mol. The van der Waals surface area contributed by atoms with Gasteiger partial charge in [-0.05, 0) is 13.0 Å². The van der Waals surface area contributed by atoms with Gasteiger partial charge in [0, 0.05) is 37.6 Å². The molecule has 3 heterocycles. The van der Waals surface area contributed by atoms with E-state index in [1.165, 1.54) is 11.3 Å². The van der Waals surface area contributed by atoms with Gasteiger partial charge in [0.2, 0.25) is 5.95 Å². The summed E-state index contributed by atoms with van der Waals surface area (Å²) in [6.07, 6.45) is 1.64. The van der Waals surface area contributed by atoms with Crippen LogP contribution in [0.15, 0.2) is 18.3 Å². The maximum Gasteiger partial charge on any atom is 0.265 e. The van der Waals surface area contributed by atoms with Gasteiger partial charge in [0.15, 0.2) is 11.5 Å². The fraction of sp³-hybridized carbons (Fsp3) is 0.368. The number of nitrogens with two attached hydrogens (primary N) is 1. The van der Waals surface area contributed by atoms with Gasteiger partial charge in [-0.1, -0.05) is 0 Å². The van der Waals surface area contributed by atoms with Crippen molar-refractivity contribution in [1.82, 2.24) is 19.9 Å². The lowest BCUT2D eigenvalue weighted by atomic mass is 10.2. The van der Waals surface area contributed by atoms with Gasteiger partial charge < -0.3 is 25.0 Å². The molecule has 10 heteroatoms. The average molecular weight is 414 g/mol. The Morgan fingerprint density at radius 1 is 1.10 bits per heavy atom. The Bertz CT molecular complexity index is 1060. The number of ether oxygens (including phenoxy) is 2. The molecule has 0 aliphatic carbocycles. The van der Waals surface area contributed by atoms with Crippen LogP contribution in [0.5, 0.6) is 11.5 Å². The van der Waals surface area contributed by atoms with Gasteiger partial charge >= 0.3 is 0 Å². The number of nitrogen functional groups attached to an aromatic ring is 1. The van der Waals surface area contributed by atoms with E-state index in [-0.39, 0.29) is 5.91 Å². The van der Waals surface area contributed by atoms with Gasteiger partial charge in [0.25, 0.3) is 5.91 Å². The van der Waals surface area contributed by atoms with Gasteiger partial charge in [0.1, 0.15) is 10.7 Å². The van der Waals surface area contributed by atoms with Crippen LogP contribution in [0.25, 0.3) is 10.9 Å². The van der Waals surface area contributed by atoms with E-state index < -0.39 is 0 Å². The maximum absolute atomic E-state index is 12.6. The number of anilines is 2. The standard InChI is InChI=1S/C19H22N6O3S/c1-11-21-10-16(29-11)18(26)24-4-6-25(7-5-24)19-22-13-9-15(28-3)14(27-2)8-12(13)17(20)23-19/h8-10H,4-7H2,1-3H3,(H2,20,22,23). The lowest BCUT2D eigenvalue weighted by Gasteiger charge is -2.34. The lowest BCUT2D eigenvalue weighted by molar-refractivity contribution is 0.0751. The average Bonchev–Trinajstić information content (AvgIpc) is 3.18. The summed E-state index contributed by atoms with van der Waals surface area (Å²) in [6.45, 7) is 4.32. The van der Waals surface area contributed by atoms with Crippen LogP contribution in [-0.4, -0.2) is 66.2 Å². The first-order chi connectivity index (χ1) is 14.0. The second-order valence-corrected chi connectivity index (χ2v) is 7.89. The van der Waals surface area contributed by atoms with Crippen LogP contribution in [0.4, 0.5) is 11.8 Å². The van der Waals surface area contributed by atoms with Crippen LogP contribution in [0.3, 0.4) is 0 Å². The molecule has 3 aromatic rings. The first-order valence-electron chi connectivity index (χ1n) is 9.16. The van der Waals surface area contributed by atoms with E-state index in [0.717, 1.165) is 5.01 Å². The Balaban J connectivity index is 1.54. The summed E-state index contributed by atoms with van der Waals surface area (Å²) in [7, 11) is 3.15. The number of hydrogen-bond acceptors (Lipinski definition) is 9. The SMILES string of the molecule is COc1cc2nc(N3CCN(C(=O)c4cnc(C)s4)CC3)nc(N)c2cc1OC. The molecule has 0 atom stereocenters. The zero-order valence-corrected chi connectivity index (χ0v) is 17.3. The number of aromatic nitrogens is 3. The molecule has 29 heavy (non-hydrogen) atoms.